The zero-order valence-corrected chi connectivity index (χ0v) is 19.3. The van der Waals surface area contributed by atoms with E-state index in [1.807, 2.05) is 30.3 Å². The molecule has 5 rings (SSSR count). The number of nitrogens with two attached hydrogens (primary N) is 1. The van der Waals surface area contributed by atoms with Gasteiger partial charge in [0.15, 0.2) is 4.96 Å². The van der Waals surface area contributed by atoms with Crippen LogP contribution in [0.2, 0.25) is 0 Å². The Morgan fingerprint density at radius 2 is 1.94 bits per heavy atom. The number of primary amides is 1. The molecule has 1 spiro atoms. The zero-order valence-electron chi connectivity index (χ0n) is 18.5. The van der Waals surface area contributed by atoms with Crippen LogP contribution in [-0.2, 0) is 9.59 Å². The maximum atomic E-state index is 13.6. The number of carbonyl (C=O) groups is 3. The van der Waals surface area contributed by atoms with Crippen molar-refractivity contribution in [2.75, 3.05) is 13.1 Å². The molecule has 3 N–H and O–H groups in total. The smallest absolute Gasteiger partial charge is 0.272 e. The van der Waals surface area contributed by atoms with Gasteiger partial charge in [0.2, 0.25) is 11.8 Å². The van der Waals surface area contributed by atoms with Crippen LogP contribution in [0.5, 0.6) is 0 Å². The van der Waals surface area contributed by atoms with Gasteiger partial charge < -0.3 is 16.0 Å². The minimum absolute atomic E-state index is 0.0143. The predicted octanol–water partition coefficient (Wildman–Crippen LogP) is 1.80. The first-order chi connectivity index (χ1) is 16.4. The Hall–Kier alpha value is -3.53. The summed E-state index contributed by atoms with van der Waals surface area (Å²) in [5.41, 5.74) is 5.74. The second-order valence-corrected chi connectivity index (χ2v) is 9.94. The monoisotopic (exact) mass is 479 g/mol. The van der Waals surface area contributed by atoms with Gasteiger partial charge in [-0.15, -0.1) is 11.3 Å². The molecule has 1 aromatic carbocycles. The lowest BCUT2D eigenvalue weighted by Crippen LogP contribution is -2.65. The standard InChI is InChI=1S/C24H25N5O4S/c25-17(30)8-9-18(31)26-16-7-4-10-24(16)13-28(14-24)21(32)19-20(15-5-2-1-3-6-15)27-23-29(22(19)33)11-12-34-23/h1-3,5-6,11-12,16H,4,7-10,13-14H2,(H2,25,30)(H,26,31)/t16-/m0/s1. The fourth-order valence-electron chi connectivity index (χ4n) is 5.14. The summed E-state index contributed by atoms with van der Waals surface area (Å²) in [5.74, 6) is -1.05. The Labute approximate surface area is 199 Å². The van der Waals surface area contributed by atoms with E-state index in [0.717, 1.165) is 24.8 Å². The molecule has 0 unspecified atom stereocenters. The second kappa shape index (κ2) is 8.68. The SMILES string of the molecule is NC(=O)CCC(=O)N[C@H]1CCCC12CN(C(=O)c1c(-c3ccccc3)nc3sccn3c1=O)C2. The molecule has 3 amide bonds. The van der Waals surface area contributed by atoms with Crippen molar-refractivity contribution in [3.8, 4) is 11.3 Å². The average Bonchev–Trinajstić information content (AvgIpc) is 3.44. The number of hydrogen-bond acceptors (Lipinski definition) is 6. The summed E-state index contributed by atoms with van der Waals surface area (Å²) in [7, 11) is 0. The number of hydrogen-bond donors (Lipinski definition) is 2. The maximum absolute atomic E-state index is 13.6. The number of nitrogens with one attached hydrogen (secondary N) is 1. The largest absolute Gasteiger partial charge is 0.370 e. The number of likely N-dealkylation sites (tertiary alicyclic amines) is 1. The van der Waals surface area contributed by atoms with Crippen LogP contribution in [0.4, 0.5) is 0 Å². The van der Waals surface area contributed by atoms with Crippen molar-refractivity contribution in [1.29, 1.82) is 0 Å². The van der Waals surface area contributed by atoms with Gasteiger partial charge >= 0.3 is 0 Å². The first kappa shape index (κ1) is 22.3. The Morgan fingerprint density at radius 3 is 2.68 bits per heavy atom. The first-order valence-corrected chi connectivity index (χ1v) is 12.2. The fraction of sp³-hybridized carbons (Fsp3) is 0.375. The Kier molecular flexibility index (Phi) is 5.68. The number of aromatic nitrogens is 2. The Bertz CT molecular complexity index is 1330. The summed E-state index contributed by atoms with van der Waals surface area (Å²) in [6, 6.07) is 9.20. The van der Waals surface area contributed by atoms with E-state index >= 15 is 0 Å². The summed E-state index contributed by atoms with van der Waals surface area (Å²) in [4.78, 5) is 57.0. The molecule has 0 bridgehead atoms. The van der Waals surface area contributed by atoms with Gasteiger partial charge in [-0.25, -0.2) is 4.98 Å². The molecule has 2 fully saturated rings. The molecule has 3 aromatic rings. The maximum Gasteiger partial charge on any atom is 0.272 e. The molecule has 3 heterocycles. The lowest BCUT2D eigenvalue weighted by Gasteiger charge is -2.51. The van der Waals surface area contributed by atoms with Crippen molar-refractivity contribution in [2.24, 2.45) is 11.1 Å². The van der Waals surface area contributed by atoms with E-state index in [-0.39, 0.29) is 47.2 Å². The summed E-state index contributed by atoms with van der Waals surface area (Å²) in [5, 5.41) is 4.81. The van der Waals surface area contributed by atoms with E-state index in [1.54, 1.807) is 16.5 Å². The number of rotatable bonds is 6. The van der Waals surface area contributed by atoms with Crippen molar-refractivity contribution >= 4 is 34.0 Å². The zero-order chi connectivity index (χ0) is 23.9. The van der Waals surface area contributed by atoms with Gasteiger partial charge in [0, 0.05) is 54.5 Å². The van der Waals surface area contributed by atoms with Crippen LogP contribution >= 0.6 is 11.3 Å². The van der Waals surface area contributed by atoms with Crippen molar-refractivity contribution in [3.05, 3.63) is 57.8 Å². The Balaban J connectivity index is 1.39. The van der Waals surface area contributed by atoms with Gasteiger partial charge in [-0.1, -0.05) is 36.8 Å². The second-order valence-electron chi connectivity index (χ2n) is 9.06. The molecule has 176 valence electrons. The van der Waals surface area contributed by atoms with Crippen LogP contribution in [0.1, 0.15) is 42.5 Å². The summed E-state index contributed by atoms with van der Waals surface area (Å²) in [6.45, 7) is 0.930. The third-order valence-corrected chi connectivity index (χ3v) is 7.62. The molecule has 1 aliphatic carbocycles. The highest BCUT2D eigenvalue weighted by Crippen LogP contribution is 2.46. The molecule has 0 radical (unpaired) electrons. The summed E-state index contributed by atoms with van der Waals surface area (Å²) in [6.07, 6.45) is 4.37. The molecule has 9 nitrogen and oxygen atoms in total. The molecule has 2 aromatic heterocycles. The normalized spacial score (nSPS) is 18.7. The van der Waals surface area contributed by atoms with E-state index in [1.165, 1.54) is 15.7 Å². The first-order valence-electron chi connectivity index (χ1n) is 11.3. The number of benzene rings is 1. The molecule has 1 atom stereocenters. The molecular weight excluding hydrogens is 454 g/mol. The van der Waals surface area contributed by atoms with Gasteiger partial charge in [0.1, 0.15) is 5.56 Å². The minimum atomic E-state index is -0.506. The third-order valence-electron chi connectivity index (χ3n) is 6.87. The van der Waals surface area contributed by atoms with Crippen LogP contribution < -0.4 is 16.6 Å². The van der Waals surface area contributed by atoms with Crippen molar-refractivity contribution in [1.82, 2.24) is 19.6 Å². The van der Waals surface area contributed by atoms with E-state index in [0.29, 0.717) is 23.7 Å². The highest BCUT2D eigenvalue weighted by molar-refractivity contribution is 7.15. The molecule has 2 aliphatic rings. The van der Waals surface area contributed by atoms with Gasteiger partial charge in [0.05, 0.1) is 5.69 Å². The number of amides is 3. The van der Waals surface area contributed by atoms with Crippen molar-refractivity contribution in [3.63, 3.8) is 0 Å². The van der Waals surface area contributed by atoms with E-state index in [9.17, 15) is 19.2 Å². The topological polar surface area (TPSA) is 127 Å². The molecule has 1 saturated heterocycles. The van der Waals surface area contributed by atoms with Crippen molar-refractivity contribution in [2.45, 2.75) is 38.1 Å². The van der Waals surface area contributed by atoms with Gasteiger partial charge in [0.25, 0.3) is 11.5 Å². The highest BCUT2D eigenvalue weighted by atomic mass is 32.1. The molecule has 34 heavy (non-hydrogen) atoms. The predicted molar refractivity (Wildman–Crippen MR) is 127 cm³/mol. The van der Waals surface area contributed by atoms with Gasteiger partial charge in [-0.05, 0) is 12.8 Å². The summed E-state index contributed by atoms with van der Waals surface area (Å²) < 4.78 is 1.41. The number of carbonyl (C=O) groups excluding carboxylic acids is 3. The van der Waals surface area contributed by atoms with Crippen molar-refractivity contribution < 1.29 is 14.4 Å². The third kappa shape index (κ3) is 3.87. The molecular formula is C24H25N5O4S. The number of thiazole rings is 1. The van der Waals surface area contributed by atoms with Crippen LogP contribution in [0.15, 0.2) is 46.7 Å². The van der Waals surface area contributed by atoms with E-state index in [2.05, 4.69) is 10.3 Å². The van der Waals surface area contributed by atoms with Gasteiger partial charge in [-0.3, -0.25) is 23.6 Å². The molecule has 10 heteroatoms. The van der Waals surface area contributed by atoms with Gasteiger partial charge in [-0.2, -0.15) is 0 Å². The quantitative estimate of drug-likeness (QED) is 0.557. The van der Waals surface area contributed by atoms with Crippen LogP contribution in [0, 0.1) is 5.41 Å². The fourth-order valence-corrected chi connectivity index (χ4v) is 5.85. The average molecular weight is 480 g/mol. The minimum Gasteiger partial charge on any atom is -0.370 e. The van der Waals surface area contributed by atoms with Crippen LogP contribution in [-0.4, -0.2) is 51.1 Å². The highest BCUT2D eigenvalue weighted by Gasteiger charge is 2.53. The summed E-state index contributed by atoms with van der Waals surface area (Å²) >= 11 is 1.34. The number of fused-ring (bicyclic) bond motifs is 1. The number of nitrogens with zero attached hydrogens (tertiary/aromatic N) is 3. The van der Waals surface area contributed by atoms with Crippen LogP contribution in [0.3, 0.4) is 0 Å². The van der Waals surface area contributed by atoms with Crippen LogP contribution in [0.25, 0.3) is 16.2 Å². The van der Waals surface area contributed by atoms with E-state index < -0.39 is 5.91 Å². The van der Waals surface area contributed by atoms with E-state index in [4.69, 9.17) is 5.73 Å². The molecule has 1 saturated carbocycles. The lowest BCUT2D eigenvalue weighted by atomic mass is 9.74. The molecule has 1 aliphatic heterocycles. The Morgan fingerprint density at radius 1 is 1.18 bits per heavy atom. The lowest BCUT2D eigenvalue weighted by molar-refractivity contribution is -0.126.